The maximum Gasteiger partial charge on any atom is 0.228 e. The molecule has 1 fully saturated rings. The maximum atomic E-state index is 12.0. The van der Waals surface area contributed by atoms with Gasteiger partial charge in [0.05, 0.1) is 0 Å². The summed E-state index contributed by atoms with van der Waals surface area (Å²) in [5.41, 5.74) is 1.37. The SMILES string of the molecule is FCOc1ccc(C2CCC(I)CC2)cc1. The summed E-state index contributed by atoms with van der Waals surface area (Å²) < 4.78 is 17.6. The zero-order chi connectivity index (χ0) is 11.4. The van der Waals surface area contributed by atoms with Crippen molar-refractivity contribution in [1.29, 1.82) is 0 Å². The van der Waals surface area contributed by atoms with E-state index in [1.165, 1.54) is 31.2 Å². The molecule has 0 aliphatic heterocycles. The highest BCUT2D eigenvalue weighted by Crippen LogP contribution is 2.36. The van der Waals surface area contributed by atoms with Crippen LogP contribution >= 0.6 is 22.6 Å². The summed E-state index contributed by atoms with van der Waals surface area (Å²) in [6.07, 6.45) is 5.18. The van der Waals surface area contributed by atoms with Crippen molar-refractivity contribution < 1.29 is 9.13 Å². The van der Waals surface area contributed by atoms with Gasteiger partial charge in [-0.05, 0) is 49.3 Å². The van der Waals surface area contributed by atoms with E-state index < -0.39 is 6.86 Å². The molecular weight excluding hydrogens is 318 g/mol. The fraction of sp³-hybridized carbons (Fsp3) is 0.538. The van der Waals surface area contributed by atoms with Crippen LogP contribution in [0.25, 0.3) is 0 Å². The monoisotopic (exact) mass is 334 g/mol. The Kier molecular flexibility index (Phi) is 4.44. The Morgan fingerprint density at radius 2 is 1.75 bits per heavy atom. The fourth-order valence-electron chi connectivity index (χ4n) is 2.29. The average Bonchev–Trinajstić information content (AvgIpc) is 2.32. The van der Waals surface area contributed by atoms with Crippen molar-refractivity contribution in [3.63, 3.8) is 0 Å². The summed E-state index contributed by atoms with van der Waals surface area (Å²) in [5, 5.41) is 0. The third kappa shape index (κ3) is 3.09. The molecule has 0 amide bonds. The molecule has 1 saturated carbocycles. The van der Waals surface area contributed by atoms with Crippen LogP contribution in [0.1, 0.15) is 37.2 Å². The minimum atomic E-state index is -0.751. The molecule has 1 aliphatic rings. The summed E-state index contributed by atoms with van der Waals surface area (Å²) in [5.74, 6) is 1.30. The van der Waals surface area contributed by atoms with Gasteiger partial charge in [0.25, 0.3) is 0 Å². The van der Waals surface area contributed by atoms with E-state index in [-0.39, 0.29) is 0 Å². The van der Waals surface area contributed by atoms with Crippen molar-refractivity contribution in [1.82, 2.24) is 0 Å². The largest absolute Gasteiger partial charge is 0.463 e. The third-order valence-corrected chi connectivity index (χ3v) is 4.48. The summed E-state index contributed by atoms with van der Waals surface area (Å²) in [4.78, 5) is 0. The Balaban J connectivity index is 1.98. The Labute approximate surface area is 110 Å². The van der Waals surface area contributed by atoms with Crippen LogP contribution in [0.15, 0.2) is 24.3 Å². The standard InChI is InChI=1S/C13H16FIO/c14-9-16-13-7-3-11(4-8-13)10-1-5-12(15)6-2-10/h3-4,7-8,10,12H,1-2,5-6,9H2. The van der Waals surface area contributed by atoms with Crippen LogP contribution in [0, 0.1) is 0 Å². The van der Waals surface area contributed by atoms with Gasteiger partial charge in [-0.25, -0.2) is 4.39 Å². The molecule has 3 heteroatoms. The minimum absolute atomic E-state index is 0.619. The molecular formula is C13H16FIO. The van der Waals surface area contributed by atoms with Crippen LogP contribution in [-0.2, 0) is 0 Å². The number of hydrogen-bond acceptors (Lipinski definition) is 1. The van der Waals surface area contributed by atoms with Gasteiger partial charge in [-0.3, -0.25) is 0 Å². The van der Waals surface area contributed by atoms with Gasteiger partial charge in [-0.2, -0.15) is 0 Å². The van der Waals surface area contributed by atoms with Crippen molar-refractivity contribution in [2.75, 3.05) is 6.86 Å². The summed E-state index contributed by atoms with van der Waals surface area (Å²) >= 11 is 2.54. The number of hydrogen-bond donors (Lipinski definition) is 0. The van der Waals surface area contributed by atoms with Crippen molar-refractivity contribution >= 4 is 22.6 Å². The molecule has 1 nitrogen and oxygen atoms in total. The van der Waals surface area contributed by atoms with Gasteiger partial charge in [0.1, 0.15) is 5.75 Å². The second-order valence-corrected chi connectivity index (χ2v) is 6.03. The van der Waals surface area contributed by atoms with E-state index in [0.29, 0.717) is 11.7 Å². The second kappa shape index (κ2) is 5.84. The molecule has 0 N–H and O–H groups in total. The normalized spacial score (nSPS) is 25.4. The van der Waals surface area contributed by atoms with Crippen LogP contribution < -0.4 is 4.74 Å². The topological polar surface area (TPSA) is 9.23 Å². The Morgan fingerprint density at radius 3 is 2.31 bits per heavy atom. The van der Waals surface area contributed by atoms with Gasteiger partial charge < -0.3 is 4.74 Å². The highest BCUT2D eigenvalue weighted by molar-refractivity contribution is 14.1. The molecule has 0 atom stereocenters. The van der Waals surface area contributed by atoms with E-state index in [0.717, 1.165) is 3.92 Å². The second-order valence-electron chi connectivity index (χ2n) is 4.27. The van der Waals surface area contributed by atoms with E-state index >= 15 is 0 Å². The lowest BCUT2D eigenvalue weighted by molar-refractivity contribution is 0.191. The Morgan fingerprint density at radius 1 is 1.12 bits per heavy atom. The van der Waals surface area contributed by atoms with Crippen LogP contribution in [-0.4, -0.2) is 10.8 Å². The molecule has 1 aromatic rings. The highest BCUT2D eigenvalue weighted by atomic mass is 127. The zero-order valence-electron chi connectivity index (χ0n) is 9.16. The quantitative estimate of drug-likeness (QED) is 0.586. The molecule has 0 saturated heterocycles. The molecule has 0 radical (unpaired) electrons. The summed E-state index contributed by atoms with van der Waals surface area (Å²) in [7, 11) is 0. The smallest absolute Gasteiger partial charge is 0.228 e. The van der Waals surface area contributed by atoms with Crippen molar-refractivity contribution in [2.24, 2.45) is 0 Å². The van der Waals surface area contributed by atoms with Crippen molar-refractivity contribution in [3.05, 3.63) is 29.8 Å². The number of alkyl halides is 2. The van der Waals surface area contributed by atoms with Gasteiger partial charge in [-0.1, -0.05) is 34.7 Å². The van der Waals surface area contributed by atoms with Gasteiger partial charge in [-0.15, -0.1) is 0 Å². The maximum absolute atomic E-state index is 12.0. The number of rotatable bonds is 3. The first-order valence-electron chi connectivity index (χ1n) is 5.72. The van der Waals surface area contributed by atoms with Gasteiger partial charge in [0.2, 0.25) is 6.86 Å². The van der Waals surface area contributed by atoms with E-state index in [9.17, 15) is 4.39 Å². The number of ether oxygens (including phenoxy) is 1. The average molecular weight is 334 g/mol. The van der Waals surface area contributed by atoms with E-state index in [1.807, 2.05) is 12.1 Å². The molecule has 0 unspecified atom stereocenters. The molecule has 1 aliphatic carbocycles. The molecule has 0 aromatic heterocycles. The van der Waals surface area contributed by atoms with Crippen molar-refractivity contribution in [3.8, 4) is 5.75 Å². The summed E-state index contributed by atoms with van der Waals surface area (Å²) in [6.45, 7) is -0.751. The van der Waals surface area contributed by atoms with Gasteiger partial charge in [0, 0.05) is 3.92 Å². The molecule has 0 heterocycles. The van der Waals surface area contributed by atoms with E-state index in [2.05, 4.69) is 34.7 Å². The Bertz CT molecular complexity index is 317. The number of halogens is 2. The lowest BCUT2D eigenvalue weighted by atomic mass is 9.84. The van der Waals surface area contributed by atoms with Crippen LogP contribution in [0.4, 0.5) is 4.39 Å². The zero-order valence-corrected chi connectivity index (χ0v) is 11.3. The van der Waals surface area contributed by atoms with Gasteiger partial charge >= 0.3 is 0 Å². The van der Waals surface area contributed by atoms with Crippen LogP contribution in [0.3, 0.4) is 0 Å². The molecule has 1 aromatic carbocycles. The predicted octanol–water partition coefficient (Wildman–Crippen LogP) is 4.45. The highest BCUT2D eigenvalue weighted by Gasteiger charge is 2.20. The first kappa shape index (κ1) is 12.1. The van der Waals surface area contributed by atoms with E-state index in [1.54, 1.807) is 0 Å². The minimum Gasteiger partial charge on any atom is -0.463 e. The first-order chi connectivity index (χ1) is 7.79. The van der Waals surface area contributed by atoms with Crippen molar-refractivity contribution in [2.45, 2.75) is 35.5 Å². The lowest BCUT2D eigenvalue weighted by Gasteiger charge is -2.25. The molecule has 0 spiro atoms. The molecule has 0 bridgehead atoms. The van der Waals surface area contributed by atoms with E-state index in [4.69, 9.17) is 4.74 Å². The predicted molar refractivity (Wildman–Crippen MR) is 72.1 cm³/mol. The first-order valence-corrected chi connectivity index (χ1v) is 6.97. The molecule has 88 valence electrons. The summed E-state index contributed by atoms with van der Waals surface area (Å²) in [6, 6.07) is 7.88. The van der Waals surface area contributed by atoms with Crippen LogP contribution in [0.2, 0.25) is 0 Å². The molecule has 2 rings (SSSR count). The number of benzene rings is 1. The van der Waals surface area contributed by atoms with Crippen LogP contribution in [0.5, 0.6) is 5.75 Å². The molecule has 16 heavy (non-hydrogen) atoms. The fourth-order valence-corrected chi connectivity index (χ4v) is 3.00. The lowest BCUT2D eigenvalue weighted by Crippen LogP contribution is -2.12. The Hall–Kier alpha value is -0.320. The third-order valence-electron chi connectivity index (χ3n) is 3.23. The van der Waals surface area contributed by atoms with Gasteiger partial charge in [0.15, 0.2) is 0 Å².